The Bertz CT molecular complexity index is 721. The Labute approximate surface area is 154 Å². The second kappa shape index (κ2) is 8.41. The van der Waals surface area contributed by atoms with Gasteiger partial charge < -0.3 is 15.3 Å². The summed E-state index contributed by atoms with van der Waals surface area (Å²) >= 11 is 0. The molecule has 1 aliphatic rings. The first-order valence-electron chi connectivity index (χ1n) is 8.45. The maximum absolute atomic E-state index is 12.4. The minimum atomic E-state index is -4.52. The van der Waals surface area contributed by atoms with Gasteiger partial charge in [0.05, 0.1) is 11.8 Å². The number of benzene rings is 1. The molecule has 6 nitrogen and oxygen atoms in total. The first-order chi connectivity index (χ1) is 12.5. The van der Waals surface area contributed by atoms with Crippen LogP contribution in [0.1, 0.15) is 17.5 Å². The van der Waals surface area contributed by atoms with E-state index in [1.54, 1.807) is 6.07 Å². The Hall–Kier alpha value is -2.58. The Morgan fingerprint density at radius 1 is 1.37 bits per heavy atom. The van der Waals surface area contributed by atoms with Gasteiger partial charge in [0.1, 0.15) is 6.54 Å². The summed E-state index contributed by atoms with van der Waals surface area (Å²) in [7, 11) is 0. The monoisotopic (exact) mass is 386 g/mol. The number of hydrogen-bond donors (Lipinski definition) is 2. The molecule has 1 aliphatic heterocycles. The molecule has 2 amide bonds. The minimum Gasteiger partial charge on any atom is -0.481 e. The van der Waals surface area contributed by atoms with Gasteiger partial charge in [-0.2, -0.15) is 13.2 Å². The number of nitrogens with one attached hydrogen (secondary N) is 1. The van der Waals surface area contributed by atoms with E-state index >= 15 is 0 Å². The maximum atomic E-state index is 12.4. The minimum absolute atomic E-state index is 0.161. The van der Waals surface area contributed by atoms with Gasteiger partial charge in [0.15, 0.2) is 0 Å². The molecule has 0 unspecified atom stereocenters. The zero-order valence-electron chi connectivity index (χ0n) is 14.8. The molecule has 148 valence electrons. The van der Waals surface area contributed by atoms with Gasteiger partial charge in [-0.3, -0.25) is 14.4 Å². The normalized spacial score (nSPS) is 18.4. The first-order valence-corrected chi connectivity index (χ1v) is 8.45. The average Bonchev–Trinajstić information content (AvgIpc) is 2.90. The van der Waals surface area contributed by atoms with Crippen LogP contribution in [0.2, 0.25) is 0 Å². The van der Waals surface area contributed by atoms with E-state index in [1.165, 1.54) is 0 Å². The summed E-state index contributed by atoms with van der Waals surface area (Å²) in [6.07, 6.45) is -4.62. The standard InChI is InChI=1S/C18H21F3N2O4/c1-11-3-2-4-12(5-11)6-13(17(26)27)8-22-16(25)14-7-15(24)23(9-14)10-18(19,20)21/h2-5,13-14H,6-10H2,1H3,(H,22,25)(H,26,27)/t13-,14+/m0/s1. The Morgan fingerprint density at radius 3 is 2.67 bits per heavy atom. The molecule has 1 aromatic carbocycles. The molecule has 0 bridgehead atoms. The van der Waals surface area contributed by atoms with Crippen LogP contribution in [-0.2, 0) is 20.8 Å². The summed E-state index contributed by atoms with van der Waals surface area (Å²) in [4.78, 5) is 35.9. The number of alkyl halides is 3. The van der Waals surface area contributed by atoms with E-state index in [-0.39, 0.29) is 25.9 Å². The van der Waals surface area contributed by atoms with E-state index in [0.717, 1.165) is 11.1 Å². The number of hydrogen-bond acceptors (Lipinski definition) is 3. The highest BCUT2D eigenvalue weighted by atomic mass is 19.4. The summed E-state index contributed by atoms with van der Waals surface area (Å²) < 4.78 is 37.3. The van der Waals surface area contributed by atoms with E-state index in [0.29, 0.717) is 4.90 Å². The van der Waals surface area contributed by atoms with Crippen molar-refractivity contribution in [3.8, 4) is 0 Å². The summed E-state index contributed by atoms with van der Waals surface area (Å²) in [6.45, 7) is 0.0113. The van der Waals surface area contributed by atoms with Crippen molar-refractivity contribution >= 4 is 17.8 Å². The molecule has 2 N–H and O–H groups in total. The number of aryl methyl sites for hydroxylation is 1. The fourth-order valence-corrected chi connectivity index (χ4v) is 3.06. The highest BCUT2D eigenvalue weighted by Crippen LogP contribution is 2.24. The van der Waals surface area contributed by atoms with Gasteiger partial charge in [-0.05, 0) is 18.9 Å². The van der Waals surface area contributed by atoms with E-state index < -0.39 is 42.3 Å². The van der Waals surface area contributed by atoms with Gasteiger partial charge in [0.25, 0.3) is 0 Å². The lowest BCUT2D eigenvalue weighted by molar-refractivity contribution is -0.157. The third-order valence-corrected chi connectivity index (χ3v) is 4.39. The zero-order chi connectivity index (χ0) is 20.2. The summed E-state index contributed by atoms with van der Waals surface area (Å²) in [5.41, 5.74) is 1.79. The van der Waals surface area contributed by atoms with Gasteiger partial charge in [-0.1, -0.05) is 29.8 Å². The predicted molar refractivity (Wildman–Crippen MR) is 89.8 cm³/mol. The van der Waals surface area contributed by atoms with E-state index in [4.69, 9.17) is 0 Å². The molecule has 1 fully saturated rings. The summed E-state index contributed by atoms with van der Waals surface area (Å²) in [5.74, 6) is -4.21. The van der Waals surface area contributed by atoms with Crippen molar-refractivity contribution in [1.29, 1.82) is 0 Å². The van der Waals surface area contributed by atoms with Crippen LogP contribution < -0.4 is 5.32 Å². The molecule has 1 heterocycles. The Morgan fingerprint density at radius 2 is 2.07 bits per heavy atom. The van der Waals surface area contributed by atoms with Gasteiger partial charge >= 0.3 is 12.1 Å². The highest BCUT2D eigenvalue weighted by Gasteiger charge is 2.40. The largest absolute Gasteiger partial charge is 0.481 e. The second-order valence-corrected chi connectivity index (χ2v) is 6.76. The van der Waals surface area contributed by atoms with Crippen LogP contribution >= 0.6 is 0 Å². The molecule has 0 radical (unpaired) electrons. The molecule has 0 saturated carbocycles. The van der Waals surface area contributed by atoms with Gasteiger partial charge in [-0.15, -0.1) is 0 Å². The smallest absolute Gasteiger partial charge is 0.406 e. The third-order valence-electron chi connectivity index (χ3n) is 4.39. The van der Waals surface area contributed by atoms with Crippen LogP contribution in [0.5, 0.6) is 0 Å². The van der Waals surface area contributed by atoms with Crippen molar-refractivity contribution in [3.63, 3.8) is 0 Å². The number of likely N-dealkylation sites (tertiary alicyclic amines) is 1. The van der Waals surface area contributed by atoms with Gasteiger partial charge in [-0.25, -0.2) is 0 Å². The van der Waals surface area contributed by atoms with Crippen molar-refractivity contribution in [2.45, 2.75) is 25.9 Å². The lowest BCUT2D eigenvalue weighted by atomic mass is 9.97. The lowest BCUT2D eigenvalue weighted by Crippen LogP contribution is -2.39. The van der Waals surface area contributed by atoms with Crippen LogP contribution in [0.3, 0.4) is 0 Å². The fourth-order valence-electron chi connectivity index (χ4n) is 3.06. The van der Waals surface area contributed by atoms with Crippen molar-refractivity contribution in [3.05, 3.63) is 35.4 Å². The molecular weight excluding hydrogens is 365 g/mol. The van der Waals surface area contributed by atoms with Crippen LogP contribution in [0, 0.1) is 18.8 Å². The number of carboxylic acid groups (broad SMARTS) is 1. The molecule has 9 heteroatoms. The van der Waals surface area contributed by atoms with Crippen LogP contribution in [0.4, 0.5) is 13.2 Å². The average molecular weight is 386 g/mol. The Kier molecular flexibility index (Phi) is 6.45. The number of carbonyl (C=O) groups excluding carboxylic acids is 2. The summed E-state index contributed by atoms with van der Waals surface area (Å²) in [5, 5.41) is 11.8. The molecule has 1 aromatic rings. The Balaban J connectivity index is 1.90. The van der Waals surface area contributed by atoms with Crippen molar-refractivity contribution in [1.82, 2.24) is 10.2 Å². The SMILES string of the molecule is Cc1cccc(C[C@@H](CNC(=O)[C@@H]2CC(=O)N(CC(F)(F)F)C2)C(=O)O)c1. The molecule has 2 rings (SSSR count). The van der Waals surface area contributed by atoms with Gasteiger partial charge in [0.2, 0.25) is 11.8 Å². The third kappa shape index (κ3) is 6.26. The lowest BCUT2D eigenvalue weighted by Gasteiger charge is -2.19. The van der Waals surface area contributed by atoms with Crippen LogP contribution in [-0.4, -0.2) is 53.6 Å². The molecule has 1 saturated heterocycles. The maximum Gasteiger partial charge on any atom is 0.406 e. The van der Waals surface area contributed by atoms with E-state index in [1.807, 2.05) is 25.1 Å². The number of aliphatic carboxylic acids is 1. The molecular formula is C18H21F3N2O4. The van der Waals surface area contributed by atoms with Gasteiger partial charge in [0, 0.05) is 19.5 Å². The molecule has 2 atom stereocenters. The fraction of sp³-hybridized carbons (Fsp3) is 0.500. The van der Waals surface area contributed by atoms with E-state index in [9.17, 15) is 32.7 Å². The number of nitrogens with zero attached hydrogens (tertiary/aromatic N) is 1. The number of carbonyl (C=O) groups is 3. The highest BCUT2D eigenvalue weighted by molar-refractivity contribution is 5.89. The first kappa shape index (κ1) is 20.7. The number of amides is 2. The molecule has 0 spiro atoms. The number of halogens is 3. The topological polar surface area (TPSA) is 86.7 Å². The van der Waals surface area contributed by atoms with Crippen LogP contribution in [0.15, 0.2) is 24.3 Å². The molecule has 27 heavy (non-hydrogen) atoms. The van der Waals surface area contributed by atoms with Crippen molar-refractivity contribution in [2.75, 3.05) is 19.6 Å². The predicted octanol–water partition coefficient (Wildman–Crippen LogP) is 1.77. The summed E-state index contributed by atoms with van der Waals surface area (Å²) in [6, 6.07) is 7.32. The molecule has 0 aliphatic carbocycles. The quantitative estimate of drug-likeness (QED) is 0.748. The van der Waals surface area contributed by atoms with Crippen molar-refractivity contribution < 1.29 is 32.7 Å². The number of rotatable bonds is 7. The number of carboxylic acids is 1. The van der Waals surface area contributed by atoms with Crippen LogP contribution in [0.25, 0.3) is 0 Å². The zero-order valence-corrected chi connectivity index (χ0v) is 14.8. The molecule has 0 aromatic heterocycles. The van der Waals surface area contributed by atoms with E-state index in [2.05, 4.69) is 5.32 Å². The van der Waals surface area contributed by atoms with Crippen molar-refractivity contribution in [2.24, 2.45) is 11.8 Å². The second-order valence-electron chi connectivity index (χ2n) is 6.76.